The Hall–Kier alpha value is -6.09. The molecule has 10 rings (SSSR count). The first-order valence-electron chi connectivity index (χ1n) is 16.5. The zero-order valence-corrected chi connectivity index (χ0v) is 27.3. The Morgan fingerprint density at radius 3 is 1.78 bits per heavy atom. The second-order valence-corrected chi connectivity index (χ2v) is 15.2. The van der Waals surface area contributed by atoms with Crippen LogP contribution >= 0.6 is 7.14 Å². The van der Waals surface area contributed by atoms with Gasteiger partial charge < -0.3 is 4.57 Å². The number of para-hydroxylation sites is 2. The minimum Gasteiger partial charge on any atom is -0.309 e. The molecule has 3 aromatic heterocycles. The molecular weight excluding hydrogens is 617 g/mol. The van der Waals surface area contributed by atoms with Crippen molar-refractivity contribution in [2.75, 3.05) is 0 Å². The van der Waals surface area contributed by atoms with Crippen molar-refractivity contribution >= 4 is 83.1 Å². The Kier molecular flexibility index (Phi) is 6.12. The summed E-state index contributed by atoms with van der Waals surface area (Å²) in [6, 6.07) is 55.9. The van der Waals surface area contributed by atoms with E-state index in [0.717, 1.165) is 87.1 Å². The largest absolute Gasteiger partial charge is 0.309 e. The number of nitrogens with zero attached hydrogens (tertiary/aromatic N) is 3. The van der Waals surface area contributed by atoms with Crippen LogP contribution in [0.2, 0.25) is 0 Å². The maximum absolute atomic E-state index is 16.4. The quantitative estimate of drug-likeness (QED) is 0.141. The molecule has 0 amide bonds. The first kappa shape index (κ1) is 28.0. The average Bonchev–Trinajstić information content (AvgIpc) is 3.58. The van der Waals surface area contributed by atoms with Crippen molar-refractivity contribution in [1.82, 2.24) is 14.4 Å². The van der Waals surface area contributed by atoms with Gasteiger partial charge in [-0.15, -0.1) is 0 Å². The van der Waals surface area contributed by atoms with Crippen LogP contribution in [0.25, 0.3) is 71.2 Å². The molecule has 0 aliphatic carbocycles. The van der Waals surface area contributed by atoms with Crippen molar-refractivity contribution in [3.05, 3.63) is 170 Å². The predicted octanol–water partition coefficient (Wildman–Crippen LogP) is 9.80. The van der Waals surface area contributed by atoms with Gasteiger partial charge in [0, 0.05) is 38.4 Å². The van der Waals surface area contributed by atoms with Gasteiger partial charge in [0.15, 0.2) is 7.14 Å². The molecule has 230 valence electrons. The molecule has 0 unspecified atom stereocenters. The second kappa shape index (κ2) is 10.7. The van der Waals surface area contributed by atoms with E-state index in [1.807, 2.05) is 85.1 Å². The monoisotopic (exact) mass is 645 g/mol. The van der Waals surface area contributed by atoms with Crippen LogP contribution in [0.5, 0.6) is 0 Å². The fourth-order valence-electron chi connectivity index (χ4n) is 7.75. The molecule has 0 bridgehead atoms. The Bertz CT molecular complexity index is 2930. The fraction of sp³-hybridized carbons (Fsp3) is 0. The zero-order valence-electron chi connectivity index (χ0n) is 26.4. The standard InChI is InChI=1S/C44H28N3OP/c48-49(30-14-3-1-4-15-30,31-16-5-2-6-17-31)42-35-21-10-8-19-33(35)32-18-7-9-20-34(32)41(42)29-25-26-37-38(28-29)36-22-13-27-45-43(36)47-40-24-12-11-23-39(40)46-44(37)47/h1-28H. The molecule has 3 heterocycles. The van der Waals surface area contributed by atoms with E-state index in [1.165, 1.54) is 0 Å². The first-order chi connectivity index (χ1) is 24.2. The lowest BCUT2D eigenvalue weighted by molar-refractivity contribution is 0.592. The Morgan fingerprint density at radius 1 is 0.469 bits per heavy atom. The normalized spacial score (nSPS) is 12.2. The van der Waals surface area contributed by atoms with E-state index in [2.05, 4.69) is 89.3 Å². The van der Waals surface area contributed by atoms with Crippen LogP contribution < -0.4 is 15.9 Å². The number of imidazole rings is 1. The molecule has 4 nitrogen and oxygen atoms in total. The Labute approximate surface area is 282 Å². The number of hydrogen-bond acceptors (Lipinski definition) is 3. The number of benzene rings is 7. The van der Waals surface area contributed by atoms with Gasteiger partial charge in [-0.05, 0) is 68.9 Å². The summed E-state index contributed by atoms with van der Waals surface area (Å²) in [6.07, 6.45) is 1.84. The van der Waals surface area contributed by atoms with Crippen molar-refractivity contribution in [3.63, 3.8) is 0 Å². The highest BCUT2D eigenvalue weighted by Gasteiger charge is 2.35. The minimum absolute atomic E-state index is 0.809. The third-order valence-corrected chi connectivity index (χ3v) is 13.0. The van der Waals surface area contributed by atoms with Crippen LogP contribution in [-0.2, 0) is 4.57 Å². The molecule has 49 heavy (non-hydrogen) atoms. The molecule has 0 saturated carbocycles. The highest BCUT2D eigenvalue weighted by molar-refractivity contribution is 7.86. The second-order valence-electron chi connectivity index (χ2n) is 12.5. The van der Waals surface area contributed by atoms with Crippen molar-refractivity contribution in [2.45, 2.75) is 0 Å². The minimum atomic E-state index is -3.43. The van der Waals surface area contributed by atoms with Gasteiger partial charge in [-0.3, -0.25) is 4.40 Å². The van der Waals surface area contributed by atoms with Crippen molar-refractivity contribution in [2.24, 2.45) is 0 Å². The number of pyridine rings is 2. The van der Waals surface area contributed by atoms with E-state index in [-0.39, 0.29) is 0 Å². The van der Waals surface area contributed by atoms with E-state index >= 15 is 4.57 Å². The smallest absolute Gasteiger partial charge is 0.172 e. The molecule has 5 heteroatoms. The molecular formula is C44H28N3OP. The highest BCUT2D eigenvalue weighted by Crippen LogP contribution is 2.50. The lowest BCUT2D eigenvalue weighted by atomic mass is 9.92. The van der Waals surface area contributed by atoms with Gasteiger partial charge in [-0.2, -0.15) is 0 Å². The first-order valence-corrected chi connectivity index (χ1v) is 18.2. The average molecular weight is 646 g/mol. The molecule has 0 radical (unpaired) electrons. The Balaban J connectivity index is 1.40. The third-order valence-electron chi connectivity index (χ3n) is 9.86. The summed E-state index contributed by atoms with van der Waals surface area (Å²) in [5.74, 6) is 0. The number of rotatable bonds is 4. The third kappa shape index (κ3) is 4.02. The topological polar surface area (TPSA) is 47.3 Å². The van der Waals surface area contributed by atoms with Crippen molar-refractivity contribution in [3.8, 4) is 11.1 Å². The number of aromatic nitrogens is 3. The zero-order chi connectivity index (χ0) is 32.5. The van der Waals surface area contributed by atoms with E-state index in [4.69, 9.17) is 9.97 Å². The van der Waals surface area contributed by atoms with Crippen LogP contribution in [-0.4, -0.2) is 14.4 Å². The van der Waals surface area contributed by atoms with Gasteiger partial charge >= 0.3 is 0 Å². The fourth-order valence-corrected chi connectivity index (χ4v) is 10.8. The van der Waals surface area contributed by atoms with Crippen LogP contribution in [0.1, 0.15) is 0 Å². The van der Waals surface area contributed by atoms with E-state index in [1.54, 1.807) is 0 Å². The summed E-state index contributed by atoms with van der Waals surface area (Å²) >= 11 is 0. The van der Waals surface area contributed by atoms with Crippen molar-refractivity contribution in [1.29, 1.82) is 0 Å². The molecule has 7 aromatic carbocycles. The lowest BCUT2D eigenvalue weighted by Crippen LogP contribution is -2.27. The van der Waals surface area contributed by atoms with Gasteiger partial charge in [0.2, 0.25) is 0 Å². The number of fused-ring (bicyclic) bond motifs is 11. The summed E-state index contributed by atoms with van der Waals surface area (Å²) < 4.78 is 18.6. The summed E-state index contributed by atoms with van der Waals surface area (Å²) in [6.45, 7) is 0. The van der Waals surface area contributed by atoms with Crippen LogP contribution in [0.3, 0.4) is 0 Å². The summed E-state index contributed by atoms with van der Waals surface area (Å²) in [4.78, 5) is 9.99. The molecule has 0 fully saturated rings. The van der Waals surface area contributed by atoms with Gasteiger partial charge in [0.25, 0.3) is 0 Å². The van der Waals surface area contributed by atoms with E-state index in [0.29, 0.717) is 0 Å². The summed E-state index contributed by atoms with van der Waals surface area (Å²) in [7, 11) is -3.43. The molecule has 10 aromatic rings. The van der Waals surface area contributed by atoms with Gasteiger partial charge in [-0.25, -0.2) is 9.97 Å². The van der Waals surface area contributed by atoms with Crippen LogP contribution in [0, 0.1) is 0 Å². The van der Waals surface area contributed by atoms with Crippen molar-refractivity contribution < 1.29 is 4.57 Å². The molecule has 0 N–H and O–H groups in total. The maximum atomic E-state index is 16.4. The molecule has 0 aliphatic rings. The highest BCUT2D eigenvalue weighted by atomic mass is 31.2. The van der Waals surface area contributed by atoms with E-state index < -0.39 is 7.14 Å². The number of hydrogen-bond donors (Lipinski definition) is 0. The van der Waals surface area contributed by atoms with Crippen LogP contribution in [0.4, 0.5) is 0 Å². The SMILES string of the molecule is O=P(c1ccccc1)(c1ccccc1)c1c(-c2ccc3c(c2)c2cccnc2n2c4ccccc4nc32)c2ccccc2c2ccccc12. The van der Waals surface area contributed by atoms with E-state index in [9.17, 15) is 0 Å². The lowest BCUT2D eigenvalue weighted by Gasteiger charge is -2.26. The Morgan fingerprint density at radius 2 is 1.04 bits per heavy atom. The van der Waals surface area contributed by atoms with Gasteiger partial charge in [0.1, 0.15) is 11.3 Å². The van der Waals surface area contributed by atoms with Gasteiger partial charge in [0.05, 0.1) is 11.0 Å². The predicted molar refractivity (Wildman–Crippen MR) is 205 cm³/mol. The van der Waals surface area contributed by atoms with Gasteiger partial charge in [-0.1, -0.05) is 127 Å². The molecule has 0 aliphatic heterocycles. The summed E-state index contributed by atoms with van der Waals surface area (Å²) in [5, 5.41) is 9.89. The summed E-state index contributed by atoms with van der Waals surface area (Å²) in [5.41, 5.74) is 5.68. The molecule has 0 spiro atoms. The molecule has 0 saturated heterocycles. The van der Waals surface area contributed by atoms with Crippen LogP contribution in [0.15, 0.2) is 170 Å². The molecule has 0 atom stereocenters. The maximum Gasteiger partial charge on any atom is 0.172 e.